The number of hydrogen-bond acceptors (Lipinski definition) is 6. The molecule has 9 nitrogen and oxygen atoms in total. The number of ether oxygens (including phenoxy) is 1. The number of nitrogens with one attached hydrogen (secondary N) is 1. The van der Waals surface area contributed by atoms with Gasteiger partial charge in [0.05, 0.1) is 12.6 Å². The number of carboxylic acids is 1. The SMILES string of the molecule is Cc1c(C(Nc2ccn3ccnc3c2)c2ccc(N3CCC(F)(F)C3)cc2F)c(C(=O)O)nn1COCC[Si](C)(C)C. The van der Waals surface area contributed by atoms with E-state index in [1.54, 1.807) is 43.7 Å². The molecule has 4 aromatic rings. The first kappa shape index (κ1) is 29.6. The summed E-state index contributed by atoms with van der Waals surface area (Å²) in [5.74, 6) is -4.75. The first-order chi connectivity index (χ1) is 19.8. The Kier molecular flexibility index (Phi) is 8.08. The van der Waals surface area contributed by atoms with Crippen LogP contribution in [0.2, 0.25) is 25.7 Å². The third kappa shape index (κ3) is 6.46. The normalized spacial score (nSPS) is 15.8. The van der Waals surface area contributed by atoms with Gasteiger partial charge in [-0.2, -0.15) is 5.10 Å². The molecule has 13 heteroatoms. The molecule has 0 amide bonds. The summed E-state index contributed by atoms with van der Waals surface area (Å²) in [5, 5.41) is 17.8. The number of benzene rings is 1. The molecule has 0 aliphatic carbocycles. The second-order valence-corrected chi connectivity index (χ2v) is 17.5. The van der Waals surface area contributed by atoms with Gasteiger partial charge < -0.3 is 24.5 Å². The summed E-state index contributed by atoms with van der Waals surface area (Å²) in [6, 6.07) is 7.84. The molecule has 3 aromatic heterocycles. The van der Waals surface area contributed by atoms with E-state index < -0.39 is 38.4 Å². The monoisotopic (exact) mass is 600 g/mol. The number of hydrogen-bond donors (Lipinski definition) is 2. The van der Waals surface area contributed by atoms with Crippen LogP contribution in [0, 0.1) is 12.7 Å². The zero-order chi connectivity index (χ0) is 30.2. The maximum Gasteiger partial charge on any atom is 0.356 e. The van der Waals surface area contributed by atoms with Gasteiger partial charge in [0, 0.05) is 80.5 Å². The van der Waals surface area contributed by atoms with E-state index in [1.165, 1.54) is 21.7 Å². The van der Waals surface area contributed by atoms with Crippen LogP contribution in [0.25, 0.3) is 5.65 Å². The van der Waals surface area contributed by atoms with Gasteiger partial charge >= 0.3 is 5.97 Å². The lowest BCUT2D eigenvalue weighted by atomic mass is 9.95. The first-order valence-electron chi connectivity index (χ1n) is 13.8. The van der Waals surface area contributed by atoms with E-state index >= 15 is 4.39 Å². The molecular weight excluding hydrogens is 565 g/mol. The highest BCUT2D eigenvalue weighted by atomic mass is 28.3. The summed E-state index contributed by atoms with van der Waals surface area (Å²) in [5.41, 5.74) is 2.26. The van der Waals surface area contributed by atoms with Crippen molar-refractivity contribution < 1.29 is 27.8 Å². The van der Waals surface area contributed by atoms with Gasteiger partial charge in [0.1, 0.15) is 18.2 Å². The lowest BCUT2D eigenvalue weighted by Crippen LogP contribution is -2.25. The number of alkyl halides is 2. The second kappa shape index (κ2) is 11.4. The van der Waals surface area contributed by atoms with Crippen LogP contribution in [0.3, 0.4) is 0 Å². The average Bonchev–Trinajstić information content (AvgIpc) is 3.61. The Hall–Kier alpha value is -3.84. The van der Waals surface area contributed by atoms with Gasteiger partial charge in [-0.15, -0.1) is 0 Å². The summed E-state index contributed by atoms with van der Waals surface area (Å²) >= 11 is 0. The van der Waals surface area contributed by atoms with Crippen molar-refractivity contribution in [2.75, 3.05) is 29.9 Å². The standard InChI is InChI=1S/C29H35F3N6O3Si/c1-19-25(27(28(39)40)35-38(19)18-41-13-14-42(2,3)4)26(34-20-7-10-36-12-9-33-24(36)15-20)22-6-5-21(16-23(22)30)37-11-8-29(31,32)17-37/h5-7,9-10,12,15-16,26,34H,8,11,13-14,17-18H2,1-4H3,(H,39,40). The Morgan fingerprint density at radius 3 is 2.67 bits per heavy atom. The molecule has 1 unspecified atom stereocenters. The lowest BCUT2D eigenvalue weighted by Gasteiger charge is -2.24. The molecule has 5 rings (SSSR count). The number of aromatic nitrogens is 4. The molecule has 1 aliphatic heterocycles. The van der Waals surface area contributed by atoms with E-state index in [0.717, 1.165) is 6.04 Å². The fraction of sp³-hybridized carbons (Fsp3) is 0.414. The average molecular weight is 601 g/mol. The Morgan fingerprint density at radius 1 is 1.21 bits per heavy atom. The Labute approximate surface area is 242 Å². The molecule has 0 spiro atoms. The smallest absolute Gasteiger partial charge is 0.356 e. The van der Waals surface area contributed by atoms with E-state index in [9.17, 15) is 18.7 Å². The predicted octanol–water partition coefficient (Wildman–Crippen LogP) is 6.04. The van der Waals surface area contributed by atoms with Crippen molar-refractivity contribution in [3.8, 4) is 0 Å². The zero-order valence-electron chi connectivity index (χ0n) is 24.1. The van der Waals surface area contributed by atoms with Crippen molar-refractivity contribution in [3.63, 3.8) is 0 Å². The zero-order valence-corrected chi connectivity index (χ0v) is 25.1. The van der Waals surface area contributed by atoms with E-state index in [0.29, 0.717) is 29.3 Å². The van der Waals surface area contributed by atoms with Crippen molar-refractivity contribution in [2.24, 2.45) is 0 Å². The molecule has 4 heterocycles. The number of pyridine rings is 1. The number of imidazole rings is 1. The molecule has 1 aromatic carbocycles. The van der Waals surface area contributed by atoms with Crippen molar-refractivity contribution in [1.29, 1.82) is 0 Å². The molecule has 224 valence electrons. The fourth-order valence-corrected chi connectivity index (χ4v) is 5.85. The molecule has 1 aliphatic rings. The number of carboxylic acid groups (broad SMARTS) is 1. The van der Waals surface area contributed by atoms with Crippen molar-refractivity contribution in [1.82, 2.24) is 19.2 Å². The minimum absolute atomic E-state index is 0.0495. The number of fused-ring (bicyclic) bond motifs is 1. The topological polar surface area (TPSA) is 96.9 Å². The van der Waals surface area contributed by atoms with E-state index in [4.69, 9.17) is 4.74 Å². The minimum atomic E-state index is -2.83. The fourth-order valence-electron chi connectivity index (χ4n) is 5.09. The number of nitrogens with zero attached hydrogens (tertiary/aromatic N) is 5. The Bertz CT molecular complexity index is 1600. The van der Waals surface area contributed by atoms with Gasteiger partial charge in [0.2, 0.25) is 0 Å². The quantitative estimate of drug-likeness (QED) is 0.160. The second-order valence-electron chi connectivity index (χ2n) is 11.9. The minimum Gasteiger partial charge on any atom is -0.476 e. The van der Waals surface area contributed by atoms with Gasteiger partial charge in [0.25, 0.3) is 5.92 Å². The van der Waals surface area contributed by atoms with E-state index in [2.05, 4.69) is 35.0 Å². The highest BCUT2D eigenvalue weighted by molar-refractivity contribution is 6.76. The molecule has 0 saturated carbocycles. The summed E-state index contributed by atoms with van der Waals surface area (Å²) in [7, 11) is -1.33. The maximum atomic E-state index is 15.9. The largest absolute Gasteiger partial charge is 0.476 e. The third-order valence-corrected chi connectivity index (χ3v) is 9.20. The number of anilines is 2. The van der Waals surface area contributed by atoms with Crippen molar-refractivity contribution in [2.45, 2.75) is 57.7 Å². The molecule has 1 saturated heterocycles. The van der Waals surface area contributed by atoms with Crippen LogP contribution in [0.15, 0.2) is 48.9 Å². The van der Waals surface area contributed by atoms with Gasteiger partial charge in [-0.05, 0) is 31.2 Å². The van der Waals surface area contributed by atoms with Gasteiger partial charge in [0.15, 0.2) is 5.69 Å². The maximum absolute atomic E-state index is 15.9. The molecule has 0 radical (unpaired) electrons. The molecule has 1 atom stereocenters. The Balaban J connectivity index is 1.54. The van der Waals surface area contributed by atoms with Crippen LogP contribution < -0.4 is 10.2 Å². The van der Waals surface area contributed by atoms with Gasteiger partial charge in [-0.1, -0.05) is 25.7 Å². The predicted molar refractivity (Wildman–Crippen MR) is 157 cm³/mol. The summed E-state index contributed by atoms with van der Waals surface area (Å²) < 4.78 is 52.7. The van der Waals surface area contributed by atoms with Crippen LogP contribution in [-0.2, 0) is 11.5 Å². The molecule has 42 heavy (non-hydrogen) atoms. The van der Waals surface area contributed by atoms with Crippen LogP contribution >= 0.6 is 0 Å². The van der Waals surface area contributed by atoms with Gasteiger partial charge in [-0.3, -0.25) is 0 Å². The molecule has 0 bridgehead atoms. The third-order valence-electron chi connectivity index (χ3n) is 7.49. The van der Waals surface area contributed by atoms with E-state index in [-0.39, 0.29) is 36.5 Å². The highest BCUT2D eigenvalue weighted by Crippen LogP contribution is 2.36. The highest BCUT2D eigenvalue weighted by Gasteiger charge is 2.38. The summed E-state index contributed by atoms with van der Waals surface area (Å²) in [4.78, 5) is 18.2. The molecular formula is C29H35F3N6O3Si. The van der Waals surface area contributed by atoms with Crippen LogP contribution in [0.5, 0.6) is 0 Å². The number of halogens is 3. The summed E-state index contributed by atoms with van der Waals surface area (Å²) in [6.07, 6.45) is 4.93. The van der Waals surface area contributed by atoms with E-state index in [1.807, 2.05) is 4.40 Å². The van der Waals surface area contributed by atoms with Crippen LogP contribution in [0.1, 0.15) is 39.8 Å². The number of rotatable bonds is 11. The first-order valence-corrected chi connectivity index (χ1v) is 17.5. The summed E-state index contributed by atoms with van der Waals surface area (Å²) in [6.45, 7) is 8.64. The van der Waals surface area contributed by atoms with Crippen molar-refractivity contribution in [3.05, 3.63) is 77.3 Å². The van der Waals surface area contributed by atoms with Crippen molar-refractivity contribution >= 4 is 31.1 Å². The molecule has 2 N–H and O–H groups in total. The number of aromatic carboxylic acids is 1. The van der Waals surface area contributed by atoms with Crippen LogP contribution in [-0.4, -0.2) is 63.9 Å². The lowest BCUT2D eigenvalue weighted by molar-refractivity contribution is 0.0257. The number of carbonyl (C=O) groups is 1. The van der Waals surface area contributed by atoms with Crippen LogP contribution in [0.4, 0.5) is 24.5 Å². The molecule has 1 fully saturated rings. The Morgan fingerprint density at radius 2 is 2.00 bits per heavy atom. The van der Waals surface area contributed by atoms with Gasteiger partial charge in [-0.25, -0.2) is 27.6 Å².